The van der Waals surface area contributed by atoms with Crippen LogP contribution in [0.3, 0.4) is 0 Å². The number of amides is 1. The van der Waals surface area contributed by atoms with Crippen molar-refractivity contribution in [3.05, 3.63) is 98.4 Å². The average Bonchev–Trinajstić information content (AvgIpc) is 3.34. The molecule has 0 saturated heterocycles. The van der Waals surface area contributed by atoms with Gasteiger partial charge < -0.3 is 24.6 Å². The Morgan fingerprint density at radius 3 is 2.46 bits per heavy atom. The minimum absolute atomic E-state index is 0.0767. The smallest absolute Gasteiger partial charge is 0.252 e. The molecule has 3 aromatic rings. The van der Waals surface area contributed by atoms with Crippen molar-refractivity contribution in [3.8, 4) is 5.75 Å². The van der Waals surface area contributed by atoms with E-state index in [2.05, 4.69) is 37.2 Å². The van der Waals surface area contributed by atoms with Crippen LogP contribution in [0.5, 0.6) is 5.75 Å². The van der Waals surface area contributed by atoms with Crippen LogP contribution < -0.4 is 10.1 Å². The molecular weight excluding hydrogens is 628 g/mol. The highest BCUT2D eigenvalue weighted by Gasteiger charge is 2.53. The summed E-state index contributed by atoms with van der Waals surface area (Å²) in [5.74, 6) is 0.871. The molecule has 0 unspecified atom stereocenters. The van der Waals surface area contributed by atoms with E-state index in [1.165, 1.54) is 0 Å². The molecule has 2 atom stereocenters. The molecule has 0 spiro atoms. The number of carbonyl (C=O) groups excluding carboxylic acids is 1. The maximum Gasteiger partial charge on any atom is 0.252 e. The first-order valence-corrected chi connectivity index (χ1v) is 14.4. The Morgan fingerprint density at radius 1 is 1.03 bits per heavy atom. The zero-order valence-electron chi connectivity index (χ0n) is 21.7. The summed E-state index contributed by atoms with van der Waals surface area (Å²) >= 11 is 7.17. The number of aliphatic hydroxyl groups excluding tert-OH is 1. The lowest BCUT2D eigenvalue weighted by Crippen LogP contribution is -2.50. The topological polar surface area (TPSA) is 89.4 Å². The number of hydrogen-bond acceptors (Lipinski definition) is 6. The highest BCUT2D eigenvalue weighted by Crippen LogP contribution is 2.43. The van der Waals surface area contributed by atoms with Gasteiger partial charge in [-0.2, -0.15) is 0 Å². The molecule has 1 aliphatic heterocycles. The minimum atomic E-state index is -1.25. The number of rotatable bonds is 13. The first-order chi connectivity index (χ1) is 19.0. The molecule has 2 N–H and O–H groups in total. The molecule has 0 radical (unpaired) electrons. The molecule has 0 saturated carbocycles. The number of nitrogens with zero attached hydrogens (tertiary/aromatic N) is 1. The normalized spacial score (nSPS) is 18.4. The van der Waals surface area contributed by atoms with Crippen LogP contribution in [0, 0.1) is 0 Å². The van der Waals surface area contributed by atoms with Gasteiger partial charge in [0.1, 0.15) is 5.75 Å². The lowest BCUT2D eigenvalue weighted by molar-refractivity contribution is -0.129. The molecule has 0 fully saturated rings. The SMILES string of the molecule is COCCCNC(=O)[C@]1(Cc2ccccc2Br)N=C(c2ccc(OCCCO)cc2)O[C@@H]1c1ccc(Br)cc1. The Balaban J connectivity index is 1.75. The number of nitrogens with one attached hydrogen (secondary N) is 1. The van der Waals surface area contributed by atoms with Crippen molar-refractivity contribution in [2.75, 3.05) is 33.5 Å². The number of ether oxygens (including phenoxy) is 3. The number of halogens is 2. The van der Waals surface area contributed by atoms with Crippen LogP contribution in [-0.4, -0.2) is 55.9 Å². The first-order valence-electron chi connectivity index (χ1n) is 12.8. The van der Waals surface area contributed by atoms with Crippen LogP contribution in [-0.2, 0) is 20.7 Å². The maximum absolute atomic E-state index is 14.1. The fraction of sp³-hybridized carbons (Fsp3) is 0.333. The molecule has 1 amide bonds. The molecule has 3 aromatic carbocycles. The van der Waals surface area contributed by atoms with Gasteiger partial charge in [0.15, 0.2) is 11.6 Å². The molecule has 1 heterocycles. The number of hydrogen-bond donors (Lipinski definition) is 2. The molecule has 206 valence electrons. The van der Waals surface area contributed by atoms with Gasteiger partial charge in [-0.1, -0.05) is 62.2 Å². The molecule has 0 aromatic heterocycles. The van der Waals surface area contributed by atoms with Crippen LogP contribution in [0.25, 0.3) is 0 Å². The van der Waals surface area contributed by atoms with Gasteiger partial charge in [0.25, 0.3) is 5.91 Å². The summed E-state index contributed by atoms with van der Waals surface area (Å²) in [6, 6.07) is 23.1. The summed E-state index contributed by atoms with van der Waals surface area (Å²) in [5.41, 5.74) is 1.29. The maximum atomic E-state index is 14.1. The van der Waals surface area contributed by atoms with Crippen molar-refractivity contribution in [2.24, 2.45) is 4.99 Å². The summed E-state index contributed by atoms with van der Waals surface area (Å²) in [6.45, 7) is 1.51. The zero-order chi connectivity index (χ0) is 27.7. The van der Waals surface area contributed by atoms with E-state index in [-0.39, 0.29) is 12.5 Å². The van der Waals surface area contributed by atoms with Gasteiger partial charge in [-0.05, 0) is 60.0 Å². The second kappa shape index (κ2) is 14.1. The highest BCUT2D eigenvalue weighted by atomic mass is 79.9. The van der Waals surface area contributed by atoms with Crippen molar-refractivity contribution in [3.63, 3.8) is 0 Å². The summed E-state index contributed by atoms with van der Waals surface area (Å²) < 4.78 is 19.2. The molecule has 0 aliphatic carbocycles. The van der Waals surface area contributed by atoms with E-state index in [1.54, 1.807) is 7.11 Å². The predicted molar refractivity (Wildman–Crippen MR) is 158 cm³/mol. The summed E-state index contributed by atoms with van der Waals surface area (Å²) in [4.78, 5) is 19.1. The van der Waals surface area contributed by atoms with E-state index in [9.17, 15) is 4.79 Å². The number of benzene rings is 3. The van der Waals surface area contributed by atoms with E-state index in [0.717, 1.165) is 25.6 Å². The molecule has 9 heteroatoms. The van der Waals surface area contributed by atoms with Crippen molar-refractivity contribution in [2.45, 2.75) is 30.9 Å². The Kier molecular flexibility index (Phi) is 10.6. The van der Waals surface area contributed by atoms with Crippen LogP contribution >= 0.6 is 31.9 Å². The van der Waals surface area contributed by atoms with E-state index >= 15 is 0 Å². The quantitative estimate of drug-likeness (QED) is 0.233. The first kappa shape index (κ1) is 29.3. The highest BCUT2D eigenvalue weighted by molar-refractivity contribution is 9.10. The van der Waals surface area contributed by atoms with Crippen molar-refractivity contribution in [1.29, 1.82) is 0 Å². The summed E-state index contributed by atoms with van der Waals surface area (Å²) in [7, 11) is 1.64. The van der Waals surface area contributed by atoms with E-state index in [1.807, 2.05) is 72.8 Å². The third-order valence-corrected chi connectivity index (χ3v) is 7.73. The Morgan fingerprint density at radius 2 is 1.77 bits per heavy atom. The van der Waals surface area contributed by atoms with Gasteiger partial charge in [-0.15, -0.1) is 0 Å². The second-order valence-corrected chi connectivity index (χ2v) is 11.0. The van der Waals surface area contributed by atoms with Crippen LogP contribution in [0.1, 0.15) is 35.6 Å². The number of aliphatic imine (C=N–C) groups is 1. The van der Waals surface area contributed by atoms with Gasteiger partial charge in [-0.25, -0.2) is 4.99 Å². The monoisotopic (exact) mass is 658 g/mol. The number of carbonyl (C=O) groups is 1. The fourth-order valence-corrected chi connectivity index (χ4v) is 5.11. The van der Waals surface area contributed by atoms with Crippen LogP contribution in [0.15, 0.2) is 86.7 Å². The van der Waals surface area contributed by atoms with E-state index < -0.39 is 11.6 Å². The molecule has 0 bridgehead atoms. The van der Waals surface area contributed by atoms with Crippen molar-refractivity contribution in [1.82, 2.24) is 5.32 Å². The van der Waals surface area contributed by atoms with Crippen molar-refractivity contribution < 1.29 is 24.1 Å². The zero-order valence-corrected chi connectivity index (χ0v) is 24.9. The lowest BCUT2D eigenvalue weighted by atomic mass is 9.82. The van der Waals surface area contributed by atoms with E-state index in [0.29, 0.717) is 50.7 Å². The number of aliphatic hydroxyl groups is 1. The van der Waals surface area contributed by atoms with Gasteiger partial charge >= 0.3 is 0 Å². The predicted octanol–water partition coefficient (Wildman–Crippen LogP) is 5.63. The fourth-order valence-electron chi connectivity index (χ4n) is 4.42. The van der Waals surface area contributed by atoms with Crippen molar-refractivity contribution >= 4 is 43.7 Å². The van der Waals surface area contributed by atoms with Crippen LogP contribution in [0.2, 0.25) is 0 Å². The van der Waals surface area contributed by atoms with Gasteiger partial charge in [-0.3, -0.25) is 4.79 Å². The largest absolute Gasteiger partial charge is 0.494 e. The molecular formula is C30H32Br2N2O5. The molecule has 7 nitrogen and oxygen atoms in total. The molecule has 4 rings (SSSR count). The third kappa shape index (κ3) is 7.28. The van der Waals surface area contributed by atoms with Gasteiger partial charge in [0.2, 0.25) is 5.90 Å². The van der Waals surface area contributed by atoms with E-state index in [4.69, 9.17) is 24.3 Å². The Labute approximate surface area is 245 Å². The lowest BCUT2D eigenvalue weighted by Gasteiger charge is -2.31. The average molecular weight is 660 g/mol. The standard InChI is InChI=1S/C30H32Br2N2O5/c1-37-18-4-16-33-29(36)30(20-23-6-2-3-7-26(23)32)27(21-8-12-24(31)13-9-21)39-28(34-30)22-10-14-25(15-11-22)38-19-5-17-35/h2-3,6-15,27,35H,4-5,16-20H2,1H3,(H,33,36)/t27-,30-/m1/s1. The summed E-state index contributed by atoms with van der Waals surface area (Å²) in [6.07, 6.45) is 0.919. The Hall–Kier alpha value is -2.72. The van der Waals surface area contributed by atoms with Gasteiger partial charge in [0, 0.05) is 54.2 Å². The summed E-state index contributed by atoms with van der Waals surface area (Å²) in [5, 5.41) is 12.1. The van der Waals surface area contributed by atoms with Crippen LogP contribution in [0.4, 0.5) is 0 Å². The molecule has 39 heavy (non-hydrogen) atoms. The molecule has 1 aliphatic rings. The Bertz CT molecular complexity index is 1270. The second-order valence-electron chi connectivity index (χ2n) is 9.21. The minimum Gasteiger partial charge on any atom is -0.494 e. The number of methoxy groups -OCH3 is 1. The van der Waals surface area contributed by atoms with Gasteiger partial charge in [0.05, 0.1) is 6.61 Å². The third-order valence-electron chi connectivity index (χ3n) is 6.43.